The lowest BCUT2D eigenvalue weighted by Gasteiger charge is -2.18. The fourth-order valence-corrected chi connectivity index (χ4v) is 2.06. The molecule has 4 heteroatoms. The van der Waals surface area contributed by atoms with Crippen LogP contribution in [0.3, 0.4) is 0 Å². The number of benzene rings is 1. The van der Waals surface area contributed by atoms with Crippen LogP contribution in [0.5, 0.6) is 0 Å². The fourth-order valence-electron chi connectivity index (χ4n) is 2.06. The summed E-state index contributed by atoms with van der Waals surface area (Å²) in [4.78, 5) is 18.4. The molecule has 2 rings (SSSR count). The maximum absolute atomic E-state index is 12.6. The molecule has 0 bridgehead atoms. The Bertz CT molecular complexity index is 625. The predicted molar refractivity (Wildman–Crippen MR) is 86.9 cm³/mol. The molecule has 0 spiro atoms. The second-order valence-corrected chi connectivity index (χ2v) is 5.06. The molecule has 0 atom stereocenters. The van der Waals surface area contributed by atoms with Crippen molar-refractivity contribution in [2.24, 2.45) is 0 Å². The Kier molecular flexibility index (Phi) is 4.93. The monoisotopic (exact) mass is 283 g/mol. The average Bonchev–Trinajstić information content (AvgIpc) is 2.51. The number of aryl methyl sites for hydroxylation is 1. The van der Waals surface area contributed by atoms with Crippen LogP contribution in [0.25, 0.3) is 0 Å². The van der Waals surface area contributed by atoms with Gasteiger partial charge in [-0.3, -0.25) is 4.79 Å². The van der Waals surface area contributed by atoms with Crippen LogP contribution in [0.2, 0.25) is 0 Å². The fraction of sp³-hybridized carbons (Fsp3) is 0.294. The zero-order chi connectivity index (χ0) is 15.2. The van der Waals surface area contributed by atoms with Crippen LogP contribution in [0.4, 0.5) is 11.5 Å². The zero-order valence-corrected chi connectivity index (χ0v) is 12.8. The number of amides is 1. The minimum atomic E-state index is -0.0393. The molecular formula is C17H21N3O. The van der Waals surface area contributed by atoms with Crippen molar-refractivity contribution in [3.63, 3.8) is 0 Å². The summed E-state index contributed by atoms with van der Waals surface area (Å²) >= 11 is 0. The van der Waals surface area contributed by atoms with E-state index >= 15 is 0 Å². The summed E-state index contributed by atoms with van der Waals surface area (Å²) in [7, 11) is 1.79. The standard InChI is InChI=1S/C17H21N3O/c1-4-9-18-16-12-14(8-10-19-16)17(21)20(3)15-7-5-6-13(2)11-15/h5-8,10-12H,4,9H2,1-3H3,(H,18,19). The Morgan fingerprint density at radius 3 is 2.81 bits per heavy atom. The van der Waals surface area contributed by atoms with Crippen LogP contribution in [0.15, 0.2) is 42.6 Å². The Hall–Kier alpha value is -2.36. The Labute approximate surface area is 125 Å². The van der Waals surface area contributed by atoms with Crippen molar-refractivity contribution < 1.29 is 4.79 Å². The van der Waals surface area contributed by atoms with E-state index < -0.39 is 0 Å². The van der Waals surface area contributed by atoms with Gasteiger partial charge in [-0.2, -0.15) is 0 Å². The van der Waals surface area contributed by atoms with Gasteiger partial charge in [0, 0.05) is 31.0 Å². The third-order valence-corrected chi connectivity index (χ3v) is 3.26. The van der Waals surface area contributed by atoms with Crippen molar-refractivity contribution in [1.82, 2.24) is 4.98 Å². The molecule has 4 nitrogen and oxygen atoms in total. The highest BCUT2D eigenvalue weighted by Crippen LogP contribution is 2.18. The molecule has 2 aromatic rings. The second kappa shape index (κ2) is 6.88. The lowest BCUT2D eigenvalue weighted by molar-refractivity contribution is 0.0993. The second-order valence-electron chi connectivity index (χ2n) is 5.06. The van der Waals surface area contributed by atoms with Crippen molar-refractivity contribution in [3.8, 4) is 0 Å². The minimum absolute atomic E-state index is 0.0393. The molecule has 110 valence electrons. The van der Waals surface area contributed by atoms with Crippen molar-refractivity contribution >= 4 is 17.4 Å². The summed E-state index contributed by atoms with van der Waals surface area (Å²) in [5.74, 6) is 0.697. The lowest BCUT2D eigenvalue weighted by atomic mass is 10.2. The molecule has 0 unspecified atom stereocenters. The molecule has 0 fully saturated rings. The molecule has 21 heavy (non-hydrogen) atoms. The number of nitrogens with one attached hydrogen (secondary N) is 1. The van der Waals surface area contributed by atoms with E-state index in [-0.39, 0.29) is 5.91 Å². The number of aromatic nitrogens is 1. The van der Waals surface area contributed by atoms with E-state index in [0.717, 1.165) is 30.0 Å². The number of hydrogen-bond donors (Lipinski definition) is 1. The first kappa shape index (κ1) is 15.0. The third-order valence-electron chi connectivity index (χ3n) is 3.26. The molecule has 0 aliphatic carbocycles. The largest absolute Gasteiger partial charge is 0.370 e. The number of carbonyl (C=O) groups excluding carboxylic acids is 1. The van der Waals surface area contributed by atoms with Crippen LogP contribution in [0, 0.1) is 6.92 Å². The van der Waals surface area contributed by atoms with Gasteiger partial charge in [-0.05, 0) is 43.2 Å². The molecule has 1 N–H and O–H groups in total. The highest BCUT2D eigenvalue weighted by Gasteiger charge is 2.14. The molecular weight excluding hydrogens is 262 g/mol. The number of nitrogens with zero attached hydrogens (tertiary/aromatic N) is 2. The van der Waals surface area contributed by atoms with E-state index in [0.29, 0.717) is 5.56 Å². The molecule has 1 aromatic carbocycles. The minimum Gasteiger partial charge on any atom is -0.370 e. The summed E-state index contributed by atoms with van der Waals surface area (Å²) < 4.78 is 0. The van der Waals surface area contributed by atoms with Crippen LogP contribution in [-0.4, -0.2) is 24.5 Å². The first-order valence-electron chi connectivity index (χ1n) is 7.16. The number of rotatable bonds is 5. The molecule has 1 heterocycles. The highest BCUT2D eigenvalue weighted by molar-refractivity contribution is 6.06. The smallest absolute Gasteiger partial charge is 0.258 e. The van der Waals surface area contributed by atoms with E-state index in [9.17, 15) is 4.79 Å². The van der Waals surface area contributed by atoms with Gasteiger partial charge in [-0.1, -0.05) is 19.1 Å². The van der Waals surface area contributed by atoms with E-state index in [2.05, 4.69) is 17.2 Å². The van der Waals surface area contributed by atoms with Crippen molar-refractivity contribution in [2.45, 2.75) is 20.3 Å². The maximum Gasteiger partial charge on any atom is 0.258 e. The van der Waals surface area contributed by atoms with E-state index in [1.165, 1.54) is 0 Å². The molecule has 0 aliphatic heterocycles. The summed E-state index contributed by atoms with van der Waals surface area (Å²) in [5.41, 5.74) is 2.65. The summed E-state index contributed by atoms with van der Waals surface area (Å²) in [6.45, 7) is 4.95. The maximum atomic E-state index is 12.6. The van der Waals surface area contributed by atoms with Gasteiger partial charge in [0.05, 0.1) is 0 Å². The third kappa shape index (κ3) is 3.81. The van der Waals surface area contributed by atoms with Crippen LogP contribution in [-0.2, 0) is 0 Å². The Morgan fingerprint density at radius 1 is 1.29 bits per heavy atom. The predicted octanol–water partition coefficient (Wildman–Crippen LogP) is 3.49. The van der Waals surface area contributed by atoms with Crippen molar-refractivity contribution in [1.29, 1.82) is 0 Å². The highest BCUT2D eigenvalue weighted by atomic mass is 16.2. The van der Waals surface area contributed by atoms with Gasteiger partial charge in [-0.25, -0.2) is 4.98 Å². The van der Waals surface area contributed by atoms with Crippen LogP contribution < -0.4 is 10.2 Å². The van der Waals surface area contributed by atoms with Gasteiger partial charge < -0.3 is 10.2 Å². The average molecular weight is 283 g/mol. The van der Waals surface area contributed by atoms with E-state index in [1.54, 1.807) is 30.3 Å². The molecule has 1 aromatic heterocycles. The zero-order valence-electron chi connectivity index (χ0n) is 12.8. The SMILES string of the molecule is CCCNc1cc(C(=O)N(C)c2cccc(C)c2)ccn1. The molecule has 1 amide bonds. The van der Waals surface area contributed by atoms with Gasteiger partial charge in [-0.15, -0.1) is 0 Å². The summed E-state index contributed by atoms with van der Waals surface area (Å²) in [5, 5.41) is 3.20. The van der Waals surface area contributed by atoms with Gasteiger partial charge in [0.2, 0.25) is 0 Å². The van der Waals surface area contributed by atoms with E-state index in [4.69, 9.17) is 0 Å². The van der Waals surface area contributed by atoms with E-state index in [1.807, 2.05) is 31.2 Å². The van der Waals surface area contributed by atoms with Gasteiger partial charge in [0.15, 0.2) is 0 Å². The number of anilines is 2. The topological polar surface area (TPSA) is 45.2 Å². The van der Waals surface area contributed by atoms with Crippen LogP contribution >= 0.6 is 0 Å². The van der Waals surface area contributed by atoms with Gasteiger partial charge >= 0.3 is 0 Å². The molecule has 0 aliphatic rings. The number of carbonyl (C=O) groups is 1. The summed E-state index contributed by atoms with van der Waals surface area (Å²) in [6.07, 6.45) is 2.68. The number of hydrogen-bond acceptors (Lipinski definition) is 3. The van der Waals surface area contributed by atoms with Crippen molar-refractivity contribution in [3.05, 3.63) is 53.7 Å². The molecule has 0 saturated heterocycles. The first-order chi connectivity index (χ1) is 10.1. The first-order valence-corrected chi connectivity index (χ1v) is 7.16. The van der Waals surface area contributed by atoms with Crippen LogP contribution in [0.1, 0.15) is 29.3 Å². The molecule has 0 saturated carbocycles. The van der Waals surface area contributed by atoms with Gasteiger partial charge in [0.25, 0.3) is 5.91 Å². The Morgan fingerprint density at radius 2 is 2.10 bits per heavy atom. The Balaban J connectivity index is 2.19. The summed E-state index contributed by atoms with van der Waals surface area (Å²) in [6, 6.07) is 11.4. The molecule has 0 radical (unpaired) electrons. The number of pyridine rings is 1. The lowest BCUT2D eigenvalue weighted by Crippen LogP contribution is -2.26. The normalized spacial score (nSPS) is 10.2. The van der Waals surface area contributed by atoms with Gasteiger partial charge in [0.1, 0.15) is 5.82 Å². The van der Waals surface area contributed by atoms with Crippen molar-refractivity contribution in [2.75, 3.05) is 23.8 Å². The quantitative estimate of drug-likeness (QED) is 0.913.